The highest BCUT2D eigenvalue weighted by atomic mass is 79.9. The largest absolute Gasteiger partial charge is 0.417 e. The zero-order valence-electron chi connectivity index (χ0n) is 16.0. The van der Waals surface area contributed by atoms with E-state index in [0.717, 1.165) is 6.20 Å². The van der Waals surface area contributed by atoms with E-state index in [1.54, 1.807) is 30.6 Å². The van der Waals surface area contributed by atoms with Crippen molar-refractivity contribution in [3.05, 3.63) is 83.1 Å². The van der Waals surface area contributed by atoms with E-state index in [0.29, 0.717) is 27.1 Å². The van der Waals surface area contributed by atoms with Crippen molar-refractivity contribution < 1.29 is 22.7 Å². The quantitative estimate of drug-likeness (QED) is 0.396. The van der Waals surface area contributed by atoms with Crippen molar-refractivity contribution in [2.75, 3.05) is 5.32 Å². The number of carbonyl (C=O) groups is 1. The number of ether oxygens (including phenoxy) is 1. The van der Waals surface area contributed by atoms with Gasteiger partial charge in [0, 0.05) is 40.4 Å². The molecule has 162 valence electrons. The van der Waals surface area contributed by atoms with Crippen molar-refractivity contribution in [2.24, 2.45) is 0 Å². The topological polar surface area (TPSA) is 81.9 Å². The lowest BCUT2D eigenvalue weighted by Crippen LogP contribution is -2.14. The third-order valence-electron chi connectivity index (χ3n) is 4.27. The zero-order valence-corrected chi connectivity index (χ0v) is 17.6. The second-order valence-electron chi connectivity index (χ2n) is 6.41. The summed E-state index contributed by atoms with van der Waals surface area (Å²) in [6, 6.07) is 10.5. The normalized spacial score (nSPS) is 10.9. The third kappa shape index (κ3) is 4.78. The molecule has 0 fully saturated rings. The summed E-state index contributed by atoms with van der Waals surface area (Å²) in [5, 5.41) is 6.91. The van der Waals surface area contributed by atoms with E-state index in [1.807, 2.05) is 0 Å². The predicted molar refractivity (Wildman–Crippen MR) is 113 cm³/mol. The molecule has 32 heavy (non-hydrogen) atoms. The van der Waals surface area contributed by atoms with E-state index in [4.69, 9.17) is 0 Å². The highest BCUT2D eigenvalue weighted by molar-refractivity contribution is 9.10. The summed E-state index contributed by atoms with van der Waals surface area (Å²) in [6.07, 6.45) is 5.38. The van der Waals surface area contributed by atoms with Crippen LogP contribution in [0.25, 0.3) is 16.9 Å². The summed E-state index contributed by atoms with van der Waals surface area (Å²) in [6.45, 7) is -3.05. The molecule has 1 aromatic carbocycles. The van der Waals surface area contributed by atoms with E-state index in [-0.39, 0.29) is 11.4 Å². The first-order valence-electron chi connectivity index (χ1n) is 9.08. The van der Waals surface area contributed by atoms with Crippen molar-refractivity contribution in [3.63, 3.8) is 0 Å². The number of amides is 1. The lowest BCUT2D eigenvalue weighted by atomic mass is 10.2. The van der Waals surface area contributed by atoms with Crippen molar-refractivity contribution in [3.8, 4) is 22.8 Å². The molecule has 0 atom stereocenters. The van der Waals surface area contributed by atoms with E-state index in [2.05, 4.69) is 41.1 Å². The number of alkyl halides is 2. The van der Waals surface area contributed by atoms with Gasteiger partial charge in [-0.25, -0.2) is 9.07 Å². The summed E-state index contributed by atoms with van der Waals surface area (Å²) in [5.41, 5.74) is 1.59. The van der Waals surface area contributed by atoms with Gasteiger partial charge in [-0.2, -0.15) is 13.9 Å². The van der Waals surface area contributed by atoms with Crippen molar-refractivity contribution >= 4 is 27.5 Å². The van der Waals surface area contributed by atoms with Gasteiger partial charge in [0.25, 0.3) is 5.91 Å². The van der Waals surface area contributed by atoms with E-state index in [9.17, 15) is 18.0 Å². The Hall–Kier alpha value is -3.73. The van der Waals surface area contributed by atoms with Gasteiger partial charge in [0.2, 0.25) is 5.88 Å². The minimum absolute atomic E-state index is 0.156. The molecule has 0 saturated heterocycles. The first kappa shape index (κ1) is 21.5. The summed E-state index contributed by atoms with van der Waals surface area (Å²) in [4.78, 5) is 19.9. The molecule has 0 saturated carbocycles. The van der Waals surface area contributed by atoms with E-state index < -0.39 is 18.3 Å². The number of rotatable bonds is 6. The number of nitrogens with zero attached hydrogens (tertiary/aromatic N) is 4. The van der Waals surface area contributed by atoms with E-state index in [1.165, 1.54) is 35.1 Å². The maximum atomic E-state index is 13.7. The first-order chi connectivity index (χ1) is 15.4. The van der Waals surface area contributed by atoms with Crippen LogP contribution in [0.15, 0.2) is 71.7 Å². The van der Waals surface area contributed by atoms with Crippen LogP contribution in [-0.4, -0.2) is 32.3 Å². The maximum Gasteiger partial charge on any atom is 0.388 e. The Morgan fingerprint density at radius 1 is 1.06 bits per heavy atom. The number of hydrogen-bond donors (Lipinski definition) is 1. The molecule has 4 aromatic rings. The summed E-state index contributed by atoms with van der Waals surface area (Å²) < 4.78 is 46.1. The Kier molecular flexibility index (Phi) is 6.17. The fraction of sp³-hybridized carbons (Fsp3) is 0.0476. The molecule has 3 aromatic heterocycles. The number of halogens is 4. The van der Waals surface area contributed by atoms with Crippen LogP contribution in [0.1, 0.15) is 10.4 Å². The summed E-state index contributed by atoms with van der Waals surface area (Å²) in [7, 11) is 0. The Bertz CT molecular complexity index is 1260. The molecule has 11 heteroatoms. The standard InChI is InChI=1S/C21H13BrF3N5O2/c22-13-7-12(9-27-10-13)18-8-19(32-21(24)25)30(29-18)15-3-1-14(2-4-15)28-20(31)16-5-6-26-11-17(16)23/h1-11,21H,(H,28,31). The van der Waals surface area contributed by atoms with Gasteiger partial charge in [0.15, 0.2) is 5.82 Å². The van der Waals surface area contributed by atoms with Gasteiger partial charge in [-0.05, 0) is 52.3 Å². The smallest absolute Gasteiger partial charge is 0.388 e. The first-order valence-corrected chi connectivity index (χ1v) is 9.87. The van der Waals surface area contributed by atoms with Gasteiger partial charge in [0.1, 0.15) is 0 Å². The maximum absolute atomic E-state index is 13.7. The molecule has 4 rings (SSSR count). The lowest BCUT2D eigenvalue weighted by Gasteiger charge is -2.10. The van der Waals surface area contributed by atoms with Crippen LogP contribution in [0.4, 0.5) is 18.9 Å². The average molecular weight is 504 g/mol. The van der Waals surface area contributed by atoms with Gasteiger partial charge in [0.05, 0.1) is 23.1 Å². The van der Waals surface area contributed by atoms with Crippen molar-refractivity contribution in [1.29, 1.82) is 0 Å². The Morgan fingerprint density at radius 3 is 2.53 bits per heavy atom. The Labute approximate surface area is 188 Å². The highest BCUT2D eigenvalue weighted by Gasteiger charge is 2.17. The third-order valence-corrected chi connectivity index (χ3v) is 4.71. The van der Waals surface area contributed by atoms with Crippen LogP contribution in [0, 0.1) is 5.82 Å². The van der Waals surface area contributed by atoms with Gasteiger partial charge in [-0.15, -0.1) is 0 Å². The van der Waals surface area contributed by atoms with Crippen LogP contribution < -0.4 is 10.1 Å². The number of anilines is 1. The molecule has 7 nitrogen and oxygen atoms in total. The number of hydrogen-bond acceptors (Lipinski definition) is 5. The van der Waals surface area contributed by atoms with Gasteiger partial charge in [-0.3, -0.25) is 14.8 Å². The Balaban J connectivity index is 1.61. The average Bonchev–Trinajstić information content (AvgIpc) is 3.17. The van der Waals surface area contributed by atoms with Crippen LogP contribution in [0.5, 0.6) is 5.88 Å². The molecular formula is C21H13BrF3N5O2. The van der Waals surface area contributed by atoms with Crippen LogP contribution >= 0.6 is 15.9 Å². The fourth-order valence-corrected chi connectivity index (χ4v) is 3.23. The molecule has 0 aliphatic rings. The number of pyridine rings is 2. The number of benzene rings is 1. The molecule has 0 aliphatic heterocycles. The highest BCUT2D eigenvalue weighted by Crippen LogP contribution is 2.29. The molecule has 0 spiro atoms. The van der Waals surface area contributed by atoms with Gasteiger partial charge in [-0.1, -0.05) is 0 Å². The Morgan fingerprint density at radius 2 is 1.84 bits per heavy atom. The molecule has 3 heterocycles. The van der Waals surface area contributed by atoms with Crippen LogP contribution in [0.3, 0.4) is 0 Å². The summed E-state index contributed by atoms with van der Waals surface area (Å²) >= 11 is 3.31. The summed E-state index contributed by atoms with van der Waals surface area (Å²) in [5.74, 6) is -1.57. The lowest BCUT2D eigenvalue weighted by molar-refractivity contribution is -0.0544. The monoisotopic (exact) mass is 503 g/mol. The molecule has 0 unspecified atom stereocenters. The van der Waals surface area contributed by atoms with Crippen molar-refractivity contribution in [2.45, 2.75) is 6.61 Å². The minimum Gasteiger partial charge on any atom is -0.417 e. The van der Waals surface area contributed by atoms with Crippen LogP contribution in [-0.2, 0) is 0 Å². The van der Waals surface area contributed by atoms with E-state index >= 15 is 0 Å². The molecule has 0 radical (unpaired) electrons. The molecule has 1 amide bonds. The number of aromatic nitrogens is 4. The van der Waals surface area contributed by atoms with Crippen LogP contribution in [0.2, 0.25) is 0 Å². The molecule has 1 N–H and O–H groups in total. The molecular weight excluding hydrogens is 491 g/mol. The minimum atomic E-state index is -3.05. The fourth-order valence-electron chi connectivity index (χ4n) is 2.86. The second kappa shape index (κ2) is 9.18. The number of nitrogens with one attached hydrogen (secondary N) is 1. The molecule has 0 bridgehead atoms. The second-order valence-corrected chi connectivity index (χ2v) is 7.32. The zero-order chi connectivity index (χ0) is 22.7. The van der Waals surface area contributed by atoms with Crippen molar-refractivity contribution in [1.82, 2.24) is 19.7 Å². The van der Waals surface area contributed by atoms with Gasteiger partial charge < -0.3 is 10.1 Å². The SMILES string of the molecule is O=C(Nc1ccc(-n2nc(-c3cncc(Br)c3)cc2OC(F)F)cc1)c1ccncc1F. The molecule has 0 aliphatic carbocycles. The van der Waals surface area contributed by atoms with Gasteiger partial charge >= 0.3 is 6.61 Å². The predicted octanol–water partition coefficient (Wildman–Crippen LogP) is 5.08. The number of carbonyl (C=O) groups excluding carboxylic acids is 1.